The Kier molecular flexibility index (Phi) is 4.01. The largest absolute Gasteiger partial charge is 0.335 e. The van der Waals surface area contributed by atoms with Gasteiger partial charge in [0.15, 0.2) is 0 Å². The Morgan fingerprint density at radius 3 is 2.42 bits per heavy atom. The van der Waals surface area contributed by atoms with E-state index >= 15 is 0 Å². The molecule has 1 atom stereocenters. The summed E-state index contributed by atoms with van der Waals surface area (Å²) >= 11 is 0. The van der Waals surface area contributed by atoms with Gasteiger partial charge < -0.3 is 10.6 Å². The van der Waals surface area contributed by atoms with E-state index in [2.05, 4.69) is 17.6 Å². The summed E-state index contributed by atoms with van der Waals surface area (Å²) in [5.41, 5.74) is 1.10. The van der Waals surface area contributed by atoms with Crippen LogP contribution in [-0.2, 0) is 6.54 Å². The lowest BCUT2D eigenvalue weighted by Gasteiger charge is -2.59. The van der Waals surface area contributed by atoms with Crippen molar-refractivity contribution < 1.29 is 9.18 Å². The molecule has 4 heteroatoms. The molecule has 0 spiro atoms. The maximum atomic E-state index is 13.2. The second-order valence-electron chi connectivity index (χ2n) is 8.46. The molecule has 0 aliphatic heterocycles. The highest BCUT2D eigenvalue weighted by atomic mass is 19.1. The number of hydrogen-bond acceptors (Lipinski definition) is 1. The molecule has 0 saturated heterocycles. The lowest BCUT2D eigenvalue weighted by molar-refractivity contribution is -0.0682. The average Bonchev–Trinajstić information content (AvgIpc) is 2.52. The van der Waals surface area contributed by atoms with Gasteiger partial charge in [0.05, 0.1) is 0 Å². The average molecular weight is 330 g/mol. The maximum Gasteiger partial charge on any atom is 0.315 e. The van der Waals surface area contributed by atoms with E-state index in [4.69, 9.17) is 0 Å². The number of benzene rings is 1. The molecule has 2 amide bonds. The molecule has 4 aliphatic rings. The molecule has 1 aromatic carbocycles. The van der Waals surface area contributed by atoms with Crippen LogP contribution in [0, 0.1) is 29.0 Å². The lowest BCUT2D eigenvalue weighted by Crippen LogP contribution is -2.57. The number of amides is 2. The summed E-state index contributed by atoms with van der Waals surface area (Å²) in [5, 5.41) is 6.05. The smallest absolute Gasteiger partial charge is 0.315 e. The van der Waals surface area contributed by atoms with Crippen LogP contribution in [0.4, 0.5) is 9.18 Å². The fourth-order valence-electron chi connectivity index (χ4n) is 5.94. The molecule has 4 fully saturated rings. The van der Waals surface area contributed by atoms with E-state index in [-0.39, 0.29) is 17.9 Å². The van der Waals surface area contributed by atoms with Gasteiger partial charge in [-0.3, -0.25) is 0 Å². The van der Waals surface area contributed by atoms with Gasteiger partial charge in [-0.25, -0.2) is 9.18 Å². The van der Waals surface area contributed by atoms with E-state index in [1.165, 1.54) is 50.7 Å². The normalized spacial score (nSPS) is 34.8. The summed E-state index contributed by atoms with van der Waals surface area (Å²) in [7, 11) is 0. The molecule has 4 aliphatic carbocycles. The molecule has 3 nitrogen and oxygen atoms in total. The summed E-state index contributed by atoms with van der Waals surface area (Å²) in [4.78, 5) is 12.3. The SMILES string of the molecule is CC(NC(=O)NCc1cccc(F)c1)C12CC3CC(CC(C3)C1)C2. The Labute approximate surface area is 143 Å². The fourth-order valence-corrected chi connectivity index (χ4v) is 5.94. The van der Waals surface area contributed by atoms with E-state index < -0.39 is 0 Å². The highest BCUT2D eigenvalue weighted by Crippen LogP contribution is 2.61. The maximum absolute atomic E-state index is 13.2. The topological polar surface area (TPSA) is 41.1 Å². The Morgan fingerprint density at radius 2 is 1.83 bits per heavy atom. The van der Waals surface area contributed by atoms with Crippen LogP contribution in [0.2, 0.25) is 0 Å². The Morgan fingerprint density at radius 1 is 1.21 bits per heavy atom. The van der Waals surface area contributed by atoms with Gasteiger partial charge >= 0.3 is 6.03 Å². The first-order chi connectivity index (χ1) is 11.5. The molecule has 4 saturated carbocycles. The minimum atomic E-state index is -0.267. The van der Waals surface area contributed by atoms with Crippen LogP contribution < -0.4 is 10.6 Å². The van der Waals surface area contributed by atoms with Crippen LogP contribution in [0.3, 0.4) is 0 Å². The highest BCUT2D eigenvalue weighted by Gasteiger charge is 2.53. The molecule has 1 aromatic rings. The third kappa shape index (κ3) is 3.03. The minimum absolute atomic E-state index is 0.137. The molecular formula is C20H27FN2O. The summed E-state index contributed by atoms with van der Waals surface area (Å²) in [5.74, 6) is 2.39. The van der Waals surface area contributed by atoms with Crippen LogP contribution in [0.1, 0.15) is 51.0 Å². The second kappa shape index (κ2) is 6.05. The first-order valence-corrected chi connectivity index (χ1v) is 9.31. The molecule has 130 valence electrons. The molecular weight excluding hydrogens is 303 g/mol. The molecule has 5 rings (SSSR count). The third-order valence-corrected chi connectivity index (χ3v) is 6.69. The zero-order chi connectivity index (χ0) is 16.7. The van der Waals surface area contributed by atoms with Crippen molar-refractivity contribution in [1.82, 2.24) is 10.6 Å². The van der Waals surface area contributed by atoms with Gasteiger partial charge in [0.25, 0.3) is 0 Å². The van der Waals surface area contributed by atoms with Crippen molar-refractivity contribution in [2.75, 3.05) is 0 Å². The molecule has 24 heavy (non-hydrogen) atoms. The van der Waals surface area contributed by atoms with Crippen LogP contribution in [0.15, 0.2) is 24.3 Å². The predicted molar refractivity (Wildman–Crippen MR) is 91.8 cm³/mol. The van der Waals surface area contributed by atoms with E-state index in [9.17, 15) is 9.18 Å². The van der Waals surface area contributed by atoms with E-state index in [1.807, 2.05) is 6.07 Å². The lowest BCUT2D eigenvalue weighted by atomic mass is 9.48. The highest BCUT2D eigenvalue weighted by molar-refractivity contribution is 5.74. The third-order valence-electron chi connectivity index (χ3n) is 6.69. The van der Waals surface area contributed by atoms with Crippen molar-refractivity contribution in [2.45, 2.75) is 58.0 Å². The number of rotatable bonds is 4. The molecule has 4 bridgehead atoms. The number of nitrogens with one attached hydrogen (secondary N) is 2. The Hall–Kier alpha value is -1.58. The summed E-state index contributed by atoms with van der Waals surface area (Å²) in [6.07, 6.45) is 8.09. The van der Waals surface area contributed by atoms with Gasteiger partial charge in [0.1, 0.15) is 5.82 Å². The van der Waals surface area contributed by atoms with E-state index in [0.29, 0.717) is 12.0 Å². The van der Waals surface area contributed by atoms with Crippen molar-refractivity contribution in [3.63, 3.8) is 0 Å². The van der Waals surface area contributed by atoms with Crippen LogP contribution >= 0.6 is 0 Å². The zero-order valence-electron chi connectivity index (χ0n) is 14.4. The first-order valence-electron chi connectivity index (χ1n) is 9.31. The van der Waals surface area contributed by atoms with E-state index in [0.717, 1.165) is 23.3 Å². The fraction of sp³-hybridized carbons (Fsp3) is 0.650. The van der Waals surface area contributed by atoms with E-state index in [1.54, 1.807) is 6.07 Å². The minimum Gasteiger partial charge on any atom is -0.335 e. The van der Waals surface area contributed by atoms with Crippen molar-refractivity contribution in [3.8, 4) is 0 Å². The standard InChI is InChI=1S/C20H27FN2O/c1-13(20-9-15-5-16(10-20)7-17(6-15)11-20)23-19(24)22-12-14-3-2-4-18(21)8-14/h2-4,8,13,15-17H,5-7,9-12H2,1H3,(H2,22,23,24). The number of hydrogen-bond donors (Lipinski definition) is 2. The van der Waals surface area contributed by atoms with Crippen LogP contribution in [0.5, 0.6) is 0 Å². The first kappa shape index (κ1) is 15.9. The number of urea groups is 1. The molecule has 2 N–H and O–H groups in total. The molecule has 1 unspecified atom stereocenters. The summed E-state index contributed by atoms with van der Waals surface area (Å²) in [6.45, 7) is 2.53. The Balaban J connectivity index is 1.34. The monoisotopic (exact) mass is 330 g/mol. The van der Waals surface area contributed by atoms with Crippen LogP contribution in [-0.4, -0.2) is 12.1 Å². The Bertz CT molecular complexity index is 595. The van der Waals surface area contributed by atoms with Gasteiger partial charge in [0.2, 0.25) is 0 Å². The van der Waals surface area contributed by atoms with Crippen molar-refractivity contribution >= 4 is 6.03 Å². The van der Waals surface area contributed by atoms with Crippen LogP contribution in [0.25, 0.3) is 0 Å². The quantitative estimate of drug-likeness (QED) is 0.852. The number of carbonyl (C=O) groups excluding carboxylic acids is 1. The summed E-state index contributed by atoms with van der Waals surface area (Å²) in [6, 6.07) is 6.44. The van der Waals surface area contributed by atoms with Crippen molar-refractivity contribution in [3.05, 3.63) is 35.6 Å². The number of carbonyl (C=O) groups is 1. The predicted octanol–water partition coefficient (Wildman–Crippen LogP) is 4.23. The van der Waals surface area contributed by atoms with Gasteiger partial charge in [0, 0.05) is 12.6 Å². The summed E-state index contributed by atoms with van der Waals surface area (Å²) < 4.78 is 13.2. The molecule has 0 aromatic heterocycles. The number of halogens is 1. The van der Waals surface area contributed by atoms with Gasteiger partial charge in [-0.05, 0) is 86.3 Å². The zero-order valence-corrected chi connectivity index (χ0v) is 14.4. The van der Waals surface area contributed by atoms with Gasteiger partial charge in [-0.2, -0.15) is 0 Å². The van der Waals surface area contributed by atoms with Gasteiger partial charge in [-0.15, -0.1) is 0 Å². The molecule has 0 heterocycles. The second-order valence-corrected chi connectivity index (χ2v) is 8.46. The van der Waals surface area contributed by atoms with Gasteiger partial charge in [-0.1, -0.05) is 12.1 Å². The van der Waals surface area contributed by atoms with Crippen molar-refractivity contribution in [1.29, 1.82) is 0 Å². The molecule has 0 radical (unpaired) electrons. The van der Waals surface area contributed by atoms with Crippen molar-refractivity contribution in [2.24, 2.45) is 23.2 Å².